The van der Waals surface area contributed by atoms with Crippen LogP contribution in [0.1, 0.15) is 16.9 Å². The molecule has 3 aromatic rings. The van der Waals surface area contributed by atoms with Crippen molar-refractivity contribution in [1.82, 2.24) is 9.97 Å². The van der Waals surface area contributed by atoms with Crippen molar-refractivity contribution in [3.05, 3.63) is 40.0 Å². The number of primary sulfonamides is 1. The minimum absolute atomic E-state index is 0.0651. The highest BCUT2D eigenvalue weighted by Gasteiger charge is 2.22. The zero-order valence-corrected chi connectivity index (χ0v) is 14.8. The van der Waals surface area contributed by atoms with Crippen LogP contribution in [0, 0.1) is 0 Å². The molecule has 2 aromatic heterocycles. The number of sulfonamides is 1. The van der Waals surface area contributed by atoms with Crippen LogP contribution in [-0.4, -0.2) is 18.4 Å². The second-order valence-electron chi connectivity index (χ2n) is 5.57. The summed E-state index contributed by atoms with van der Waals surface area (Å²) >= 11 is 7.71. The Bertz CT molecular complexity index is 1050. The summed E-state index contributed by atoms with van der Waals surface area (Å²) < 4.78 is 22.7. The molecule has 2 heterocycles. The Morgan fingerprint density at radius 2 is 1.92 bits per heavy atom. The third kappa shape index (κ3) is 2.75. The molecular formula is C15H13ClN4O2S2. The van der Waals surface area contributed by atoms with Gasteiger partial charge < -0.3 is 5.32 Å². The molecule has 0 atom stereocenters. The lowest BCUT2D eigenvalue weighted by molar-refractivity contribution is 0.598. The van der Waals surface area contributed by atoms with Gasteiger partial charge in [0.2, 0.25) is 15.3 Å². The van der Waals surface area contributed by atoms with Gasteiger partial charge in [0.1, 0.15) is 10.6 Å². The Morgan fingerprint density at radius 3 is 2.62 bits per heavy atom. The van der Waals surface area contributed by atoms with E-state index in [1.54, 1.807) is 23.5 Å². The average Bonchev–Trinajstić information content (AvgIpc) is 3.06. The number of aryl methyl sites for hydroxylation is 2. The average molecular weight is 381 g/mol. The van der Waals surface area contributed by atoms with Crippen molar-refractivity contribution in [1.29, 1.82) is 0 Å². The van der Waals surface area contributed by atoms with Crippen LogP contribution in [0.2, 0.25) is 5.28 Å². The lowest BCUT2D eigenvalue weighted by Crippen LogP contribution is -2.11. The molecule has 24 heavy (non-hydrogen) atoms. The van der Waals surface area contributed by atoms with Gasteiger partial charge in [-0.2, -0.15) is 4.98 Å². The first-order valence-corrected chi connectivity index (χ1v) is 10.0. The maximum atomic E-state index is 11.3. The Hall–Kier alpha value is -1.74. The van der Waals surface area contributed by atoms with Gasteiger partial charge in [-0.1, -0.05) is 0 Å². The second-order valence-corrected chi connectivity index (χ2v) is 8.56. The van der Waals surface area contributed by atoms with Crippen molar-refractivity contribution in [3.63, 3.8) is 0 Å². The highest BCUT2D eigenvalue weighted by molar-refractivity contribution is 7.89. The number of benzene rings is 1. The summed E-state index contributed by atoms with van der Waals surface area (Å²) in [5.41, 5.74) is 1.99. The zero-order chi connectivity index (χ0) is 16.9. The van der Waals surface area contributed by atoms with Gasteiger partial charge in [0.25, 0.3) is 0 Å². The molecule has 0 aliphatic heterocycles. The van der Waals surface area contributed by atoms with Crippen LogP contribution >= 0.6 is 22.9 Å². The second kappa shape index (κ2) is 5.66. The molecule has 0 bridgehead atoms. The molecule has 0 saturated carbocycles. The minimum Gasteiger partial charge on any atom is -0.340 e. The third-order valence-corrected chi connectivity index (χ3v) is 6.27. The van der Waals surface area contributed by atoms with Crippen molar-refractivity contribution in [2.75, 3.05) is 5.32 Å². The highest BCUT2D eigenvalue weighted by atomic mass is 35.5. The van der Waals surface area contributed by atoms with Gasteiger partial charge in [-0.15, -0.1) is 11.3 Å². The van der Waals surface area contributed by atoms with Crippen LogP contribution < -0.4 is 10.5 Å². The van der Waals surface area contributed by atoms with Crippen LogP contribution in [0.15, 0.2) is 29.2 Å². The van der Waals surface area contributed by atoms with Crippen LogP contribution in [0.5, 0.6) is 0 Å². The zero-order valence-electron chi connectivity index (χ0n) is 12.4. The number of hydrogen-bond donors (Lipinski definition) is 2. The van der Waals surface area contributed by atoms with E-state index in [1.807, 2.05) is 0 Å². The van der Waals surface area contributed by atoms with Crippen molar-refractivity contribution < 1.29 is 8.42 Å². The van der Waals surface area contributed by atoms with Gasteiger partial charge in [-0.3, -0.25) is 0 Å². The number of hydrogen-bond acceptors (Lipinski definition) is 6. The van der Waals surface area contributed by atoms with Gasteiger partial charge in [0.05, 0.1) is 10.3 Å². The standard InChI is InChI=1S/C15H13ClN4O2S2/c16-15-19-13(12-10-2-1-3-11(10)23-14(12)20-15)18-8-4-6-9(7-5-8)24(17,21)22/h4-7H,1-3H2,(H2,17,21,22)(H,18,19,20). The van der Waals surface area contributed by atoms with Gasteiger partial charge in [0, 0.05) is 10.6 Å². The smallest absolute Gasteiger partial charge is 0.238 e. The van der Waals surface area contributed by atoms with E-state index in [9.17, 15) is 8.42 Å². The molecule has 1 aliphatic rings. The van der Waals surface area contributed by atoms with E-state index in [1.165, 1.54) is 22.6 Å². The predicted octanol–water partition coefficient (Wildman–Crippen LogP) is 3.22. The maximum Gasteiger partial charge on any atom is 0.238 e. The van der Waals surface area contributed by atoms with Gasteiger partial charge in [-0.25, -0.2) is 18.5 Å². The summed E-state index contributed by atoms with van der Waals surface area (Å²) in [6.07, 6.45) is 3.22. The highest BCUT2D eigenvalue weighted by Crippen LogP contribution is 2.40. The summed E-state index contributed by atoms with van der Waals surface area (Å²) in [5, 5.41) is 9.53. The van der Waals surface area contributed by atoms with Gasteiger partial charge >= 0.3 is 0 Å². The number of nitrogens with zero attached hydrogens (tertiary/aromatic N) is 2. The van der Waals surface area contributed by atoms with E-state index in [0.717, 1.165) is 29.5 Å². The lowest BCUT2D eigenvalue weighted by atomic mass is 10.2. The summed E-state index contributed by atoms with van der Waals surface area (Å²) in [6.45, 7) is 0. The Balaban J connectivity index is 1.77. The molecule has 0 unspecified atom stereocenters. The van der Waals surface area contributed by atoms with E-state index in [-0.39, 0.29) is 10.2 Å². The van der Waals surface area contributed by atoms with Gasteiger partial charge in [-0.05, 0) is 60.7 Å². The van der Waals surface area contributed by atoms with Crippen molar-refractivity contribution in [3.8, 4) is 0 Å². The quantitative estimate of drug-likeness (QED) is 0.680. The van der Waals surface area contributed by atoms with Crippen LogP contribution in [0.3, 0.4) is 0 Å². The van der Waals surface area contributed by atoms with Crippen molar-refractivity contribution >= 4 is 54.7 Å². The van der Waals surface area contributed by atoms with E-state index >= 15 is 0 Å². The van der Waals surface area contributed by atoms with E-state index in [2.05, 4.69) is 15.3 Å². The summed E-state index contributed by atoms with van der Waals surface area (Å²) in [6, 6.07) is 6.20. The molecule has 4 rings (SSSR count). The fourth-order valence-corrected chi connectivity index (χ4v) is 4.92. The lowest BCUT2D eigenvalue weighted by Gasteiger charge is -2.09. The number of rotatable bonds is 3. The molecule has 1 aliphatic carbocycles. The first-order valence-electron chi connectivity index (χ1n) is 7.29. The fraction of sp³-hybridized carbons (Fsp3) is 0.200. The normalized spacial score (nSPS) is 14.1. The third-order valence-electron chi connectivity index (χ3n) is 3.98. The van der Waals surface area contributed by atoms with Crippen molar-refractivity contribution in [2.24, 2.45) is 5.14 Å². The Labute approximate surface area is 147 Å². The molecule has 0 radical (unpaired) electrons. The number of aromatic nitrogens is 2. The molecule has 124 valence electrons. The molecule has 0 spiro atoms. The monoisotopic (exact) mass is 380 g/mol. The van der Waals surface area contributed by atoms with Crippen LogP contribution in [0.4, 0.5) is 11.5 Å². The van der Waals surface area contributed by atoms with E-state index in [4.69, 9.17) is 16.7 Å². The summed E-state index contributed by atoms with van der Waals surface area (Å²) in [5.74, 6) is 0.646. The number of halogens is 1. The topological polar surface area (TPSA) is 98.0 Å². The molecule has 1 aromatic carbocycles. The minimum atomic E-state index is -3.71. The Morgan fingerprint density at radius 1 is 1.17 bits per heavy atom. The number of thiophene rings is 1. The summed E-state index contributed by atoms with van der Waals surface area (Å²) in [4.78, 5) is 10.9. The molecular weight excluding hydrogens is 368 g/mol. The van der Waals surface area contributed by atoms with E-state index in [0.29, 0.717) is 11.5 Å². The molecule has 3 N–H and O–H groups in total. The predicted molar refractivity (Wildman–Crippen MR) is 95.5 cm³/mol. The number of anilines is 2. The number of nitrogens with two attached hydrogens (primary N) is 1. The van der Waals surface area contributed by atoms with Crippen LogP contribution in [-0.2, 0) is 22.9 Å². The maximum absolute atomic E-state index is 11.3. The summed E-state index contributed by atoms with van der Waals surface area (Å²) in [7, 11) is -3.71. The Kier molecular flexibility index (Phi) is 3.72. The van der Waals surface area contributed by atoms with Crippen molar-refractivity contribution in [2.45, 2.75) is 24.2 Å². The fourth-order valence-electron chi connectivity index (χ4n) is 2.92. The van der Waals surface area contributed by atoms with Crippen LogP contribution in [0.25, 0.3) is 10.2 Å². The molecule has 6 nitrogen and oxygen atoms in total. The first kappa shape index (κ1) is 15.8. The molecule has 0 amide bonds. The van der Waals surface area contributed by atoms with E-state index < -0.39 is 10.0 Å². The molecule has 0 fully saturated rings. The molecule has 0 saturated heterocycles. The van der Waals surface area contributed by atoms with Gasteiger partial charge in [0.15, 0.2) is 0 Å². The molecule has 9 heteroatoms. The number of fused-ring (bicyclic) bond motifs is 3. The first-order chi connectivity index (χ1) is 11.4. The number of nitrogens with one attached hydrogen (secondary N) is 1. The largest absolute Gasteiger partial charge is 0.340 e. The SMILES string of the molecule is NS(=O)(=O)c1ccc(Nc2nc(Cl)nc3sc4c(c23)CCC4)cc1.